The van der Waals surface area contributed by atoms with Crippen molar-refractivity contribution >= 4 is 0 Å². The molecular formula is C16H34O3. The van der Waals surface area contributed by atoms with Crippen LogP contribution in [-0.4, -0.2) is 35.6 Å². The molecule has 0 aromatic heterocycles. The van der Waals surface area contributed by atoms with Crippen LogP contribution in [0.2, 0.25) is 0 Å². The Balaban J connectivity index is 3.64. The molecule has 0 bridgehead atoms. The van der Waals surface area contributed by atoms with Gasteiger partial charge in [-0.05, 0) is 19.3 Å². The van der Waals surface area contributed by atoms with Gasteiger partial charge in [0.15, 0.2) is 0 Å². The fraction of sp³-hybridized carbons (Fsp3) is 1.00. The van der Waals surface area contributed by atoms with Crippen molar-refractivity contribution in [2.45, 2.75) is 90.3 Å². The molecule has 0 saturated carbocycles. The van der Waals surface area contributed by atoms with Gasteiger partial charge < -0.3 is 14.9 Å². The van der Waals surface area contributed by atoms with E-state index < -0.39 is 0 Å². The highest BCUT2D eigenvalue weighted by Gasteiger charge is 2.11. The zero-order valence-electron chi connectivity index (χ0n) is 12.9. The van der Waals surface area contributed by atoms with Crippen molar-refractivity contribution in [1.29, 1.82) is 0 Å². The first kappa shape index (κ1) is 18.9. The maximum atomic E-state index is 9.85. The van der Waals surface area contributed by atoms with Crippen molar-refractivity contribution in [3.8, 4) is 0 Å². The predicted molar refractivity (Wildman–Crippen MR) is 80.4 cm³/mol. The van der Waals surface area contributed by atoms with Gasteiger partial charge in [-0.15, -0.1) is 0 Å². The summed E-state index contributed by atoms with van der Waals surface area (Å²) in [5, 5.41) is 18.9. The third kappa shape index (κ3) is 12.6. The van der Waals surface area contributed by atoms with Gasteiger partial charge in [0.05, 0.1) is 18.8 Å². The van der Waals surface area contributed by atoms with E-state index in [0.717, 1.165) is 25.7 Å². The molecular weight excluding hydrogens is 240 g/mol. The molecule has 0 heterocycles. The number of rotatable bonds is 14. The summed E-state index contributed by atoms with van der Waals surface area (Å²) in [6.45, 7) is 4.96. The Morgan fingerprint density at radius 3 is 2.11 bits per heavy atom. The van der Waals surface area contributed by atoms with Crippen molar-refractivity contribution in [1.82, 2.24) is 0 Å². The summed E-state index contributed by atoms with van der Waals surface area (Å²) in [4.78, 5) is 0. The fourth-order valence-corrected chi connectivity index (χ4v) is 2.21. The highest BCUT2D eigenvalue weighted by molar-refractivity contribution is 4.61. The third-order valence-electron chi connectivity index (χ3n) is 3.50. The van der Waals surface area contributed by atoms with E-state index >= 15 is 0 Å². The van der Waals surface area contributed by atoms with Gasteiger partial charge in [0, 0.05) is 6.61 Å². The van der Waals surface area contributed by atoms with E-state index in [0.29, 0.717) is 13.0 Å². The van der Waals surface area contributed by atoms with Gasteiger partial charge in [-0.1, -0.05) is 58.8 Å². The van der Waals surface area contributed by atoms with Crippen LogP contribution in [0.4, 0.5) is 0 Å². The summed E-state index contributed by atoms with van der Waals surface area (Å²) >= 11 is 0. The van der Waals surface area contributed by atoms with Crippen LogP contribution in [0.3, 0.4) is 0 Å². The van der Waals surface area contributed by atoms with Crippen molar-refractivity contribution in [3.63, 3.8) is 0 Å². The Bertz CT molecular complexity index is 173. The lowest BCUT2D eigenvalue weighted by Gasteiger charge is -2.19. The van der Waals surface area contributed by atoms with Gasteiger partial charge in [0.1, 0.15) is 0 Å². The summed E-state index contributed by atoms with van der Waals surface area (Å²) in [5.41, 5.74) is 0. The molecule has 0 rings (SSSR count). The number of unbranched alkanes of at least 4 members (excludes halogenated alkanes) is 5. The van der Waals surface area contributed by atoms with Gasteiger partial charge in [-0.25, -0.2) is 0 Å². The first-order valence-electron chi connectivity index (χ1n) is 8.15. The highest BCUT2D eigenvalue weighted by atomic mass is 16.5. The molecule has 0 radical (unpaired) electrons. The van der Waals surface area contributed by atoms with Gasteiger partial charge in [0.2, 0.25) is 0 Å². The number of hydrogen-bond acceptors (Lipinski definition) is 3. The van der Waals surface area contributed by atoms with E-state index in [2.05, 4.69) is 13.8 Å². The van der Waals surface area contributed by atoms with Crippen molar-refractivity contribution in [3.05, 3.63) is 0 Å². The van der Waals surface area contributed by atoms with Crippen LogP contribution in [0.1, 0.15) is 78.1 Å². The van der Waals surface area contributed by atoms with Crippen molar-refractivity contribution < 1.29 is 14.9 Å². The topological polar surface area (TPSA) is 49.7 Å². The number of aliphatic hydroxyl groups is 2. The minimum Gasteiger partial charge on any atom is -0.396 e. The standard InChI is InChI=1S/C16H34O3/c1-3-5-7-9-10-15(18)14-19-16(12-13-17)11-8-6-4-2/h15-18H,3-14H2,1-2H3. The molecule has 0 saturated heterocycles. The third-order valence-corrected chi connectivity index (χ3v) is 3.50. The second-order valence-electron chi connectivity index (χ2n) is 5.47. The van der Waals surface area contributed by atoms with Crippen molar-refractivity contribution in [2.75, 3.05) is 13.2 Å². The Morgan fingerprint density at radius 2 is 1.47 bits per heavy atom. The molecule has 0 aliphatic carbocycles. The van der Waals surface area contributed by atoms with Crippen LogP contribution in [0, 0.1) is 0 Å². The van der Waals surface area contributed by atoms with Gasteiger partial charge in [0.25, 0.3) is 0 Å². The van der Waals surface area contributed by atoms with Crippen molar-refractivity contribution in [2.24, 2.45) is 0 Å². The smallest absolute Gasteiger partial charge is 0.0773 e. The summed E-state index contributed by atoms with van der Waals surface area (Å²) < 4.78 is 5.74. The number of hydrogen-bond donors (Lipinski definition) is 2. The van der Waals surface area contributed by atoms with Crippen LogP contribution in [0.5, 0.6) is 0 Å². The second-order valence-corrected chi connectivity index (χ2v) is 5.47. The molecule has 19 heavy (non-hydrogen) atoms. The maximum Gasteiger partial charge on any atom is 0.0773 e. The zero-order valence-corrected chi connectivity index (χ0v) is 12.9. The van der Waals surface area contributed by atoms with Crippen LogP contribution < -0.4 is 0 Å². The molecule has 0 spiro atoms. The molecule has 3 heteroatoms. The van der Waals surface area contributed by atoms with E-state index in [9.17, 15) is 5.11 Å². The minimum atomic E-state index is -0.343. The Hall–Kier alpha value is -0.120. The lowest BCUT2D eigenvalue weighted by Crippen LogP contribution is -2.22. The Kier molecular flexibility index (Phi) is 14.2. The monoisotopic (exact) mass is 274 g/mol. The summed E-state index contributed by atoms with van der Waals surface area (Å²) in [6, 6.07) is 0. The molecule has 0 aromatic carbocycles. The molecule has 0 aliphatic heterocycles. The van der Waals surface area contributed by atoms with Gasteiger partial charge in [-0.2, -0.15) is 0 Å². The molecule has 2 atom stereocenters. The zero-order chi connectivity index (χ0) is 14.3. The van der Waals surface area contributed by atoms with E-state index in [1.807, 2.05) is 0 Å². The Morgan fingerprint density at radius 1 is 0.842 bits per heavy atom. The quantitative estimate of drug-likeness (QED) is 0.475. The lowest BCUT2D eigenvalue weighted by molar-refractivity contribution is -0.0253. The molecule has 2 unspecified atom stereocenters. The SMILES string of the molecule is CCCCCCC(O)COC(CCO)CCCCC. The Labute approximate surface area is 119 Å². The number of aliphatic hydroxyl groups excluding tert-OH is 2. The van der Waals surface area contributed by atoms with Crippen LogP contribution in [-0.2, 0) is 4.74 Å². The predicted octanol–water partition coefficient (Wildman–Crippen LogP) is 3.67. The maximum absolute atomic E-state index is 9.85. The first-order chi connectivity index (χ1) is 9.24. The normalized spacial score (nSPS) is 14.5. The van der Waals surface area contributed by atoms with Crippen LogP contribution in [0.25, 0.3) is 0 Å². The van der Waals surface area contributed by atoms with Gasteiger partial charge in [-0.3, -0.25) is 0 Å². The molecule has 0 aromatic rings. The molecule has 0 fully saturated rings. The first-order valence-corrected chi connectivity index (χ1v) is 8.15. The van der Waals surface area contributed by atoms with Crippen LogP contribution in [0.15, 0.2) is 0 Å². The second kappa shape index (κ2) is 14.3. The largest absolute Gasteiger partial charge is 0.396 e. The van der Waals surface area contributed by atoms with Crippen LogP contribution >= 0.6 is 0 Å². The van der Waals surface area contributed by atoms with E-state index in [1.54, 1.807) is 0 Å². The summed E-state index contributed by atoms with van der Waals surface area (Å²) in [7, 11) is 0. The molecule has 0 aliphatic rings. The van der Waals surface area contributed by atoms with E-state index in [4.69, 9.17) is 9.84 Å². The van der Waals surface area contributed by atoms with E-state index in [1.165, 1.54) is 32.1 Å². The minimum absolute atomic E-state index is 0.113. The average molecular weight is 274 g/mol. The number of ether oxygens (including phenoxy) is 1. The average Bonchev–Trinajstić information content (AvgIpc) is 2.41. The molecule has 3 nitrogen and oxygen atoms in total. The van der Waals surface area contributed by atoms with Gasteiger partial charge >= 0.3 is 0 Å². The summed E-state index contributed by atoms with van der Waals surface area (Å²) in [5.74, 6) is 0. The van der Waals surface area contributed by atoms with E-state index in [-0.39, 0.29) is 18.8 Å². The lowest BCUT2D eigenvalue weighted by atomic mass is 10.1. The molecule has 2 N–H and O–H groups in total. The molecule has 0 amide bonds. The highest BCUT2D eigenvalue weighted by Crippen LogP contribution is 2.12. The summed E-state index contributed by atoms with van der Waals surface area (Å²) in [6.07, 6.45) is 10.6. The molecule has 116 valence electrons. The fourth-order valence-electron chi connectivity index (χ4n) is 2.21.